The van der Waals surface area contributed by atoms with Crippen LogP contribution in [-0.2, 0) is 0 Å². The summed E-state index contributed by atoms with van der Waals surface area (Å²) in [7, 11) is 0. The Kier molecular flexibility index (Phi) is 5.49. The Balaban J connectivity index is 1.50. The maximum atomic E-state index is 3.62. The third kappa shape index (κ3) is 4.11. The van der Waals surface area contributed by atoms with Crippen molar-refractivity contribution in [3.05, 3.63) is 54.6 Å². The summed E-state index contributed by atoms with van der Waals surface area (Å²) in [6, 6.07) is 19.2. The Morgan fingerprint density at radius 2 is 1.55 bits per heavy atom. The fraction of sp³-hybridized carbons (Fsp3) is 0.400. The molecular formula is C20H26N2. The highest BCUT2D eigenvalue weighted by atomic mass is 15.1. The van der Waals surface area contributed by atoms with Gasteiger partial charge in [-0.05, 0) is 56.9 Å². The SMILES string of the molecule is c1ccc(-c2ccccc2NCCCCN2CCCC2)cc1. The van der Waals surface area contributed by atoms with Gasteiger partial charge in [-0.2, -0.15) is 0 Å². The van der Waals surface area contributed by atoms with E-state index < -0.39 is 0 Å². The van der Waals surface area contributed by atoms with E-state index in [0.29, 0.717) is 0 Å². The van der Waals surface area contributed by atoms with Crippen LogP contribution in [-0.4, -0.2) is 31.1 Å². The fourth-order valence-electron chi connectivity index (χ4n) is 3.20. The highest BCUT2D eigenvalue weighted by molar-refractivity contribution is 5.77. The molecule has 1 saturated heterocycles. The molecule has 2 nitrogen and oxygen atoms in total. The van der Waals surface area contributed by atoms with Crippen LogP contribution >= 0.6 is 0 Å². The van der Waals surface area contributed by atoms with Crippen molar-refractivity contribution in [3.63, 3.8) is 0 Å². The van der Waals surface area contributed by atoms with Crippen LogP contribution in [0, 0.1) is 0 Å². The van der Waals surface area contributed by atoms with Crippen LogP contribution in [0.5, 0.6) is 0 Å². The molecule has 2 aromatic carbocycles. The molecule has 0 radical (unpaired) electrons. The Hall–Kier alpha value is -1.80. The van der Waals surface area contributed by atoms with Crippen molar-refractivity contribution >= 4 is 5.69 Å². The van der Waals surface area contributed by atoms with Crippen molar-refractivity contribution in [2.45, 2.75) is 25.7 Å². The van der Waals surface area contributed by atoms with E-state index in [0.717, 1.165) is 6.54 Å². The van der Waals surface area contributed by atoms with E-state index in [1.54, 1.807) is 0 Å². The van der Waals surface area contributed by atoms with Gasteiger partial charge in [0.15, 0.2) is 0 Å². The second-order valence-corrected chi connectivity index (χ2v) is 6.09. The Bertz CT molecular complexity index is 559. The van der Waals surface area contributed by atoms with Crippen LogP contribution in [0.15, 0.2) is 54.6 Å². The summed E-state index contributed by atoms with van der Waals surface area (Å²) in [5.41, 5.74) is 3.82. The Labute approximate surface area is 134 Å². The number of unbranched alkanes of at least 4 members (excludes halogenated alkanes) is 1. The zero-order valence-electron chi connectivity index (χ0n) is 13.3. The van der Waals surface area contributed by atoms with Crippen LogP contribution in [0.25, 0.3) is 11.1 Å². The standard InChI is InChI=1S/C20H26N2/c1-2-10-18(11-3-1)19-12-4-5-13-20(19)21-14-6-7-15-22-16-8-9-17-22/h1-5,10-13,21H,6-9,14-17H2. The van der Waals surface area contributed by atoms with E-state index in [-0.39, 0.29) is 0 Å². The van der Waals surface area contributed by atoms with Crippen LogP contribution in [0.4, 0.5) is 5.69 Å². The highest BCUT2D eigenvalue weighted by Gasteiger charge is 2.10. The van der Waals surface area contributed by atoms with Crippen LogP contribution < -0.4 is 5.32 Å². The number of rotatable bonds is 7. The fourth-order valence-corrected chi connectivity index (χ4v) is 3.20. The minimum Gasteiger partial charge on any atom is -0.385 e. The zero-order chi connectivity index (χ0) is 15.0. The summed E-state index contributed by atoms with van der Waals surface area (Å²) < 4.78 is 0. The summed E-state index contributed by atoms with van der Waals surface area (Å²) in [6.07, 6.45) is 5.31. The van der Waals surface area contributed by atoms with E-state index >= 15 is 0 Å². The van der Waals surface area contributed by atoms with Gasteiger partial charge in [0.1, 0.15) is 0 Å². The van der Waals surface area contributed by atoms with Crippen molar-refractivity contribution in [1.29, 1.82) is 0 Å². The molecule has 0 aromatic heterocycles. The number of anilines is 1. The quantitative estimate of drug-likeness (QED) is 0.748. The van der Waals surface area contributed by atoms with Gasteiger partial charge >= 0.3 is 0 Å². The first-order chi connectivity index (χ1) is 10.9. The topological polar surface area (TPSA) is 15.3 Å². The van der Waals surface area contributed by atoms with Crippen molar-refractivity contribution in [3.8, 4) is 11.1 Å². The number of benzene rings is 2. The minimum absolute atomic E-state index is 1.05. The monoisotopic (exact) mass is 294 g/mol. The zero-order valence-corrected chi connectivity index (χ0v) is 13.3. The molecule has 22 heavy (non-hydrogen) atoms. The number of likely N-dealkylation sites (tertiary alicyclic amines) is 1. The molecule has 0 unspecified atom stereocenters. The van der Waals surface area contributed by atoms with Gasteiger partial charge in [0.05, 0.1) is 0 Å². The highest BCUT2D eigenvalue weighted by Crippen LogP contribution is 2.27. The number of hydrogen-bond donors (Lipinski definition) is 1. The van der Waals surface area contributed by atoms with Crippen molar-refractivity contribution in [1.82, 2.24) is 4.90 Å². The molecule has 0 atom stereocenters. The van der Waals surface area contributed by atoms with Crippen LogP contribution in [0.3, 0.4) is 0 Å². The summed E-state index contributed by atoms with van der Waals surface area (Å²) in [5.74, 6) is 0. The molecule has 0 aliphatic carbocycles. The van der Waals surface area contributed by atoms with Gasteiger partial charge < -0.3 is 10.2 Å². The first-order valence-corrected chi connectivity index (χ1v) is 8.54. The number of nitrogens with zero attached hydrogens (tertiary/aromatic N) is 1. The molecule has 2 heteroatoms. The molecule has 0 amide bonds. The average molecular weight is 294 g/mol. The molecule has 0 saturated carbocycles. The molecule has 1 aliphatic heterocycles. The second kappa shape index (κ2) is 8.00. The minimum atomic E-state index is 1.05. The number of hydrogen-bond acceptors (Lipinski definition) is 2. The molecule has 1 aliphatic rings. The van der Waals surface area contributed by atoms with Gasteiger partial charge in [0.25, 0.3) is 0 Å². The molecule has 0 bridgehead atoms. The van der Waals surface area contributed by atoms with E-state index in [1.165, 1.54) is 62.1 Å². The summed E-state index contributed by atoms with van der Waals surface area (Å²) in [6.45, 7) is 4.94. The summed E-state index contributed by atoms with van der Waals surface area (Å²) in [4.78, 5) is 2.60. The molecule has 0 spiro atoms. The van der Waals surface area contributed by atoms with Gasteiger partial charge in [-0.25, -0.2) is 0 Å². The normalized spacial score (nSPS) is 15.1. The third-order valence-electron chi connectivity index (χ3n) is 4.43. The Morgan fingerprint density at radius 3 is 2.36 bits per heavy atom. The van der Waals surface area contributed by atoms with Crippen molar-refractivity contribution in [2.24, 2.45) is 0 Å². The molecule has 1 N–H and O–H groups in total. The smallest absolute Gasteiger partial charge is 0.0419 e. The lowest BCUT2D eigenvalue weighted by molar-refractivity contribution is 0.331. The van der Waals surface area contributed by atoms with Crippen molar-refractivity contribution < 1.29 is 0 Å². The summed E-state index contributed by atoms with van der Waals surface area (Å²) in [5, 5.41) is 3.62. The maximum absolute atomic E-state index is 3.62. The molecule has 1 fully saturated rings. The van der Waals surface area contributed by atoms with Gasteiger partial charge in [-0.15, -0.1) is 0 Å². The lowest BCUT2D eigenvalue weighted by atomic mass is 10.0. The largest absolute Gasteiger partial charge is 0.385 e. The molecule has 3 rings (SSSR count). The first-order valence-electron chi connectivity index (χ1n) is 8.54. The van der Waals surface area contributed by atoms with Crippen LogP contribution in [0.2, 0.25) is 0 Å². The van der Waals surface area contributed by atoms with Gasteiger partial charge in [-0.1, -0.05) is 48.5 Å². The molecular weight excluding hydrogens is 268 g/mol. The third-order valence-corrected chi connectivity index (χ3v) is 4.43. The second-order valence-electron chi connectivity index (χ2n) is 6.09. The maximum Gasteiger partial charge on any atom is 0.0419 e. The Morgan fingerprint density at radius 1 is 0.818 bits per heavy atom. The van der Waals surface area contributed by atoms with Crippen LogP contribution in [0.1, 0.15) is 25.7 Å². The van der Waals surface area contributed by atoms with E-state index in [1.807, 2.05) is 0 Å². The molecule has 116 valence electrons. The van der Waals surface area contributed by atoms with E-state index in [2.05, 4.69) is 64.8 Å². The van der Waals surface area contributed by atoms with Gasteiger partial charge in [0, 0.05) is 17.8 Å². The average Bonchev–Trinajstić information content (AvgIpc) is 3.09. The summed E-state index contributed by atoms with van der Waals surface area (Å²) >= 11 is 0. The lowest BCUT2D eigenvalue weighted by Crippen LogP contribution is -2.20. The first kappa shape index (κ1) is 15.1. The van der Waals surface area contributed by atoms with Gasteiger partial charge in [-0.3, -0.25) is 0 Å². The predicted molar refractivity (Wildman–Crippen MR) is 95.3 cm³/mol. The van der Waals surface area contributed by atoms with Crippen molar-refractivity contribution in [2.75, 3.05) is 31.5 Å². The lowest BCUT2D eigenvalue weighted by Gasteiger charge is -2.15. The predicted octanol–water partition coefficient (Wildman–Crippen LogP) is 4.64. The number of nitrogens with one attached hydrogen (secondary N) is 1. The molecule has 2 aromatic rings. The van der Waals surface area contributed by atoms with E-state index in [9.17, 15) is 0 Å². The number of para-hydroxylation sites is 1. The van der Waals surface area contributed by atoms with E-state index in [4.69, 9.17) is 0 Å². The molecule has 1 heterocycles. The van der Waals surface area contributed by atoms with Gasteiger partial charge in [0.2, 0.25) is 0 Å².